The van der Waals surface area contributed by atoms with Crippen molar-refractivity contribution in [2.24, 2.45) is 23.7 Å². The SMILES string of the molecule is CCC(CCCCCCCCCCCCCC(=O)OCCCCCC(C)C)CC(=O)OCCCCCC(C)C.CCCCCCCCOC(=O)CCCCCCCCCCCCCC(CC)CC(=O)OCCCCCCCC. The lowest BCUT2D eigenvalue weighted by molar-refractivity contribution is -0.146. The molecule has 0 aromatic rings. The molecule has 0 aliphatic heterocycles. The fraction of sp³-hybridized carbons (Fsp3) is 0.943. The number of hydrogen-bond donors (Lipinski definition) is 0. The third kappa shape index (κ3) is 64.7. The molecule has 2 unspecified atom stereocenters. The van der Waals surface area contributed by atoms with Crippen LogP contribution in [0.4, 0.5) is 0 Å². The van der Waals surface area contributed by atoms with Crippen LogP contribution in [0.5, 0.6) is 0 Å². The quantitative estimate of drug-likeness (QED) is 0.0337. The second-order valence-corrected chi connectivity index (χ2v) is 24.7. The maximum absolute atomic E-state index is 12.1. The highest BCUT2D eigenvalue weighted by molar-refractivity contribution is 5.70. The van der Waals surface area contributed by atoms with E-state index in [0.717, 1.165) is 88.9 Å². The topological polar surface area (TPSA) is 105 Å². The summed E-state index contributed by atoms with van der Waals surface area (Å²) in [4.78, 5) is 47.9. The van der Waals surface area contributed by atoms with Crippen molar-refractivity contribution in [3.8, 4) is 0 Å². The molecule has 0 radical (unpaired) electrons. The Labute approximate surface area is 486 Å². The van der Waals surface area contributed by atoms with Gasteiger partial charge in [-0.15, -0.1) is 0 Å². The zero-order chi connectivity index (χ0) is 57.6. The van der Waals surface area contributed by atoms with E-state index < -0.39 is 0 Å². The standard InChI is InChI=1S/2C35H68O4/c1-6-33(30-35(37)39-29-23-17-19-25-32(4)5)26-20-14-12-10-8-7-9-11-13-15-21-27-34(36)38-28-22-16-18-24-31(2)3;1-4-7-9-11-22-26-30-38-34(36)29-25-21-19-17-15-13-14-16-18-20-24-28-33(6-3)32-35(37)39-31-27-23-12-10-8-5-2/h31-33H,6-30H2,1-5H3;33H,4-32H2,1-3H3. The Morgan fingerprint density at radius 1 is 0.256 bits per heavy atom. The van der Waals surface area contributed by atoms with Crippen molar-refractivity contribution in [2.45, 2.75) is 376 Å². The van der Waals surface area contributed by atoms with E-state index >= 15 is 0 Å². The summed E-state index contributed by atoms with van der Waals surface area (Å²) < 4.78 is 21.7. The van der Waals surface area contributed by atoms with Crippen LogP contribution in [0.2, 0.25) is 0 Å². The maximum atomic E-state index is 12.1. The predicted molar refractivity (Wildman–Crippen MR) is 334 cm³/mol. The Bertz CT molecular complexity index is 1250. The number of ether oxygens (including phenoxy) is 4. The van der Waals surface area contributed by atoms with Gasteiger partial charge >= 0.3 is 23.9 Å². The summed E-state index contributed by atoms with van der Waals surface area (Å²) >= 11 is 0. The number of hydrogen-bond acceptors (Lipinski definition) is 8. The second-order valence-electron chi connectivity index (χ2n) is 24.7. The highest BCUT2D eigenvalue weighted by Gasteiger charge is 2.15. The van der Waals surface area contributed by atoms with E-state index in [0.29, 0.717) is 63.9 Å². The van der Waals surface area contributed by atoms with Crippen LogP contribution in [0.1, 0.15) is 376 Å². The van der Waals surface area contributed by atoms with E-state index in [4.69, 9.17) is 18.9 Å². The molecule has 0 amide bonds. The van der Waals surface area contributed by atoms with E-state index in [1.807, 2.05) is 0 Å². The van der Waals surface area contributed by atoms with Gasteiger partial charge in [0.25, 0.3) is 0 Å². The summed E-state index contributed by atoms with van der Waals surface area (Å²) in [6, 6.07) is 0. The molecule has 0 saturated carbocycles. The molecule has 0 rings (SSSR count). The van der Waals surface area contributed by atoms with Gasteiger partial charge in [-0.2, -0.15) is 0 Å². The molecule has 2 atom stereocenters. The van der Waals surface area contributed by atoms with Crippen LogP contribution in [0.3, 0.4) is 0 Å². The van der Waals surface area contributed by atoms with Crippen molar-refractivity contribution in [3.63, 3.8) is 0 Å². The zero-order valence-corrected chi connectivity index (χ0v) is 53.8. The van der Waals surface area contributed by atoms with E-state index in [1.54, 1.807) is 0 Å². The van der Waals surface area contributed by atoms with Crippen LogP contribution in [-0.4, -0.2) is 50.3 Å². The van der Waals surface area contributed by atoms with Gasteiger partial charge in [-0.1, -0.05) is 299 Å². The van der Waals surface area contributed by atoms with Crippen LogP contribution >= 0.6 is 0 Å². The Kier molecular flexibility index (Phi) is 64.0. The van der Waals surface area contributed by atoms with Gasteiger partial charge in [-0.25, -0.2) is 0 Å². The minimum atomic E-state index is -0.00745. The number of rotatable bonds is 60. The molecule has 78 heavy (non-hydrogen) atoms. The van der Waals surface area contributed by atoms with Crippen LogP contribution in [0, 0.1) is 23.7 Å². The van der Waals surface area contributed by atoms with Gasteiger partial charge in [0, 0.05) is 25.7 Å². The minimum absolute atomic E-state index is 0.00255. The fourth-order valence-electron chi connectivity index (χ4n) is 10.4. The summed E-state index contributed by atoms with van der Waals surface area (Å²) in [5.41, 5.74) is 0. The van der Waals surface area contributed by atoms with Crippen molar-refractivity contribution < 1.29 is 38.1 Å². The van der Waals surface area contributed by atoms with Crippen LogP contribution in [0.15, 0.2) is 0 Å². The summed E-state index contributed by atoms with van der Waals surface area (Å²) in [5, 5.41) is 0. The van der Waals surface area contributed by atoms with Crippen molar-refractivity contribution in [3.05, 3.63) is 0 Å². The van der Waals surface area contributed by atoms with E-state index in [-0.39, 0.29) is 23.9 Å². The molecule has 0 aromatic carbocycles. The average molecular weight is 1110 g/mol. The third-order valence-corrected chi connectivity index (χ3v) is 16.0. The number of carbonyl (C=O) groups excluding carboxylic acids is 4. The van der Waals surface area contributed by atoms with Crippen LogP contribution in [-0.2, 0) is 38.1 Å². The molecule has 0 fully saturated rings. The molecule has 0 aliphatic carbocycles. The van der Waals surface area contributed by atoms with Gasteiger partial charge in [-0.05, 0) is 75.0 Å². The normalized spacial score (nSPS) is 12.1. The van der Waals surface area contributed by atoms with Crippen molar-refractivity contribution in [1.82, 2.24) is 0 Å². The van der Waals surface area contributed by atoms with Crippen LogP contribution < -0.4 is 0 Å². The van der Waals surface area contributed by atoms with Gasteiger partial charge < -0.3 is 18.9 Å². The van der Waals surface area contributed by atoms with Gasteiger partial charge in [0.2, 0.25) is 0 Å². The predicted octanol–water partition coefficient (Wildman–Crippen LogP) is 22.3. The van der Waals surface area contributed by atoms with E-state index in [9.17, 15) is 19.2 Å². The lowest BCUT2D eigenvalue weighted by Crippen LogP contribution is -2.12. The van der Waals surface area contributed by atoms with Crippen LogP contribution in [0.25, 0.3) is 0 Å². The van der Waals surface area contributed by atoms with E-state index in [2.05, 4.69) is 55.4 Å². The molecule has 0 heterocycles. The Hall–Kier alpha value is -2.12. The second kappa shape index (κ2) is 64.1. The Morgan fingerprint density at radius 3 is 0.744 bits per heavy atom. The third-order valence-electron chi connectivity index (χ3n) is 16.0. The smallest absolute Gasteiger partial charge is 0.306 e. The van der Waals surface area contributed by atoms with E-state index in [1.165, 1.54) is 218 Å². The highest BCUT2D eigenvalue weighted by atomic mass is 16.5. The average Bonchev–Trinajstić information content (AvgIpc) is 3.41. The first kappa shape index (κ1) is 77.9. The summed E-state index contributed by atoms with van der Waals surface area (Å²) in [5.74, 6) is 2.52. The fourth-order valence-corrected chi connectivity index (χ4v) is 10.4. The lowest BCUT2D eigenvalue weighted by atomic mass is 9.95. The van der Waals surface area contributed by atoms with Crippen molar-refractivity contribution >= 4 is 23.9 Å². The Balaban J connectivity index is 0. The molecule has 464 valence electrons. The molecular formula is C70H136O8. The first-order valence-electron chi connectivity index (χ1n) is 34.6. The van der Waals surface area contributed by atoms with Crippen molar-refractivity contribution in [1.29, 1.82) is 0 Å². The maximum Gasteiger partial charge on any atom is 0.306 e. The van der Waals surface area contributed by atoms with Gasteiger partial charge in [0.1, 0.15) is 0 Å². The van der Waals surface area contributed by atoms with Crippen molar-refractivity contribution in [2.75, 3.05) is 26.4 Å². The number of esters is 4. The van der Waals surface area contributed by atoms with Gasteiger partial charge in [-0.3, -0.25) is 19.2 Å². The molecule has 8 heteroatoms. The van der Waals surface area contributed by atoms with Gasteiger partial charge in [0.15, 0.2) is 0 Å². The molecular weight excluding hydrogens is 969 g/mol. The molecule has 8 nitrogen and oxygen atoms in total. The first-order chi connectivity index (χ1) is 38.0. The Morgan fingerprint density at radius 2 is 0.474 bits per heavy atom. The molecule has 0 spiro atoms. The summed E-state index contributed by atoms with van der Waals surface area (Å²) in [6.07, 6.45) is 58.6. The lowest BCUT2D eigenvalue weighted by Gasteiger charge is -2.14. The minimum Gasteiger partial charge on any atom is -0.466 e. The zero-order valence-electron chi connectivity index (χ0n) is 53.8. The summed E-state index contributed by atoms with van der Waals surface area (Å²) in [6.45, 7) is 20.3. The number of carbonyl (C=O) groups is 4. The number of unbranched alkanes of at least 4 members (excludes halogenated alkanes) is 34. The van der Waals surface area contributed by atoms with Gasteiger partial charge in [0.05, 0.1) is 26.4 Å². The largest absolute Gasteiger partial charge is 0.466 e. The molecule has 0 N–H and O–H groups in total. The first-order valence-corrected chi connectivity index (χ1v) is 34.6. The highest BCUT2D eigenvalue weighted by Crippen LogP contribution is 2.22. The monoisotopic (exact) mass is 1110 g/mol. The molecule has 0 aliphatic rings. The molecule has 0 bridgehead atoms. The molecule has 0 saturated heterocycles. The summed E-state index contributed by atoms with van der Waals surface area (Å²) in [7, 11) is 0. The molecule has 0 aromatic heterocycles.